The van der Waals surface area contributed by atoms with Crippen LogP contribution in [-0.2, 0) is 19.6 Å². The van der Waals surface area contributed by atoms with Crippen LogP contribution < -0.4 is 0 Å². The van der Waals surface area contributed by atoms with Gasteiger partial charge in [0.2, 0.25) is 15.9 Å². The van der Waals surface area contributed by atoms with Crippen molar-refractivity contribution in [2.24, 2.45) is 5.92 Å². The van der Waals surface area contributed by atoms with Gasteiger partial charge in [-0.15, -0.1) is 0 Å². The lowest BCUT2D eigenvalue weighted by molar-refractivity contribution is -0.150. The summed E-state index contributed by atoms with van der Waals surface area (Å²) in [6.45, 7) is 3.93. The molecule has 1 aromatic carbocycles. The van der Waals surface area contributed by atoms with Crippen LogP contribution in [-0.4, -0.2) is 62.1 Å². The number of carbonyl (C=O) groups excluding carboxylic acids is 1. The average molecular weight is 366 g/mol. The number of ether oxygens (including phenoxy) is 1. The first-order valence-electron chi connectivity index (χ1n) is 8.78. The summed E-state index contributed by atoms with van der Waals surface area (Å²) in [6, 6.07) is 10.0. The molecule has 2 unspecified atom stereocenters. The van der Waals surface area contributed by atoms with E-state index in [1.807, 2.05) is 42.2 Å². The molecule has 0 bridgehead atoms. The predicted molar refractivity (Wildman–Crippen MR) is 95.5 cm³/mol. The number of piperidine rings is 1. The normalized spacial score (nSPS) is 26.6. The highest BCUT2D eigenvalue weighted by molar-refractivity contribution is 7.88. The molecule has 2 saturated heterocycles. The van der Waals surface area contributed by atoms with Crippen LogP contribution >= 0.6 is 0 Å². The van der Waals surface area contributed by atoms with Crippen molar-refractivity contribution in [1.29, 1.82) is 0 Å². The molecule has 138 valence electrons. The Hall–Kier alpha value is -1.44. The second-order valence-electron chi connectivity index (χ2n) is 7.01. The van der Waals surface area contributed by atoms with Gasteiger partial charge in [0.05, 0.1) is 25.4 Å². The lowest BCUT2D eigenvalue weighted by Crippen LogP contribution is -2.52. The topological polar surface area (TPSA) is 66.9 Å². The fourth-order valence-electron chi connectivity index (χ4n) is 3.60. The standard InChI is InChI=1S/C18H26N2O4S/c1-14-13-24-17(15-6-4-3-5-7-15)12-20(14)18(21)16-8-10-19(11-9-16)25(2,22)23/h3-7,14,16-17H,8-13H2,1-2H3. The van der Waals surface area contributed by atoms with Crippen molar-refractivity contribution >= 4 is 15.9 Å². The highest BCUT2D eigenvalue weighted by atomic mass is 32.2. The molecule has 2 atom stereocenters. The number of rotatable bonds is 3. The highest BCUT2D eigenvalue weighted by Gasteiger charge is 2.36. The van der Waals surface area contributed by atoms with E-state index in [2.05, 4.69) is 0 Å². The van der Waals surface area contributed by atoms with Gasteiger partial charge in [0.15, 0.2) is 0 Å². The molecule has 0 spiro atoms. The molecule has 25 heavy (non-hydrogen) atoms. The van der Waals surface area contributed by atoms with Crippen molar-refractivity contribution < 1.29 is 17.9 Å². The van der Waals surface area contributed by atoms with Gasteiger partial charge in [-0.05, 0) is 25.3 Å². The number of carbonyl (C=O) groups is 1. The van der Waals surface area contributed by atoms with E-state index < -0.39 is 10.0 Å². The zero-order chi connectivity index (χ0) is 18.0. The van der Waals surface area contributed by atoms with E-state index in [0.717, 1.165) is 5.56 Å². The molecule has 0 N–H and O–H groups in total. The van der Waals surface area contributed by atoms with Gasteiger partial charge in [-0.2, -0.15) is 0 Å². The fraction of sp³-hybridized carbons (Fsp3) is 0.611. The van der Waals surface area contributed by atoms with E-state index in [-0.39, 0.29) is 24.0 Å². The van der Waals surface area contributed by atoms with Crippen LogP contribution in [0.1, 0.15) is 31.4 Å². The van der Waals surface area contributed by atoms with Crippen LogP contribution in [0.5, 0.6) is 0 Å². The van der Waals surface area contributed by atoms with Gasteiger partial charge in [0, 0.05) is 19.0 Å². The van der Waals surface area contributed by atoms with Crippen LogP contribution in [0, 0.1) is 5.92 Å². The summed E-state index contributed by atoms with van der Waals surface area (Å²) in [6.07, 6.45) is 2.30. The fourth-order valence-corrected chi connectivity index (χ4v) is 4.48. The lowest BCUT2D eigenvalue weighted by Gasteiger charge is -2.41. The summed E-state index contributed by atoms with van der Waals surface area (Å²) in [5.41, 5.74) is 1.08. The Labute approximate surface area is 149 Å². The van der Waals surface area contributed by atoms with Crippen LogP contribution in [0.15, 0.2) is 30.3 Å². The van der Waals surface area contributed by atoms with Gasteiger partial charge >= 0.3 is 0 Å². The Morgan fingerprint density at radius 1 is 1.16 bits per heavy atom. The van der Waals surface area contributed by atoms with Gasteiger partial charge in [0.25, 0.3) is 0 Å². The van der Waals surface area contributed by atoms with Gasteiger partial charge < -0.3 is 9.64 Å². The molecule has 0 radical (unpaired) electrons. The molecule has 0 aliphatic carbocycles. The van der Waals surface area contributed by atoms with Crippen molar-refractivity contribution in [3.8, 4) is 0 Å². The molecule has 1 amide bonds. The molecular formula is C18H26N2O4S. The molecule has 2 fully saturated rings. The maximum Gasteiger partial charge on any atom is 0.226 e. The number of hydrogen-bond acceptors (Lipinski definition) is 4. The Morgan fingerprint density at radius 3 is 2.40 bits per heavy atom. The minimum atomic E-state index is -3.17. The van der Waals surface area contributed by atoms with E-state index in [1.165, 1.54) is 10.6 Å². The zero-order valence-corrected chi connectivity index (χ0v) is 15.6. The van der Waals surface area contributed by atoms with Crippen molar-refractivity contribution in [2.45, 2.75) is 31.9 Å². The third-order valence-electron chi connectivity index (χ3n) is 5.16. The summed E-state index contributed by atoms with van der Waals surface area (Å²) < 4.78 is 30.6. The largest absolute Gasteiger partial charge is 0.370 e. The van der Waals surface area contributed by atoms with Crippen LogP contribution in [0.3, 0.4) is 0 Å². The van der Waals surface area contributed by atoms with Crippen LogP contribution in [0.4, 0.5) is 0 Å². The molecular weight excluding hydrogens is 340 g/mol. The maximum atomic E-state index is 13.0. The number of benzene rings is 1. The SMILES string of the molecule is CC1COC(c2ccccc2)CN1C(=O)C1CCN(S(C)(=O)=O)CC1. The first kappa shape index (κ1) is 18.4. The number of morpholine rings is 1. The van der Waals surface area contributed by atoms with Gasteiger partial charge in [0.1, 0.15) is 6.10 Å². The maximum absolute atomic E-state index is 13.0. The second kappa shape index (κ2) is 7.43. The highest BCUT2D eigenvalue weighted by Crippen LogP contribution is 2.28. The van der Waals surface area contributed by atoms with Crippen molar-refractivity contribution in [1.82, 2.24) is 9.21 Å². The van der Waals surface area contributed by atoms with Crippen molar-refractivity contribution in [3.63, 3.8) is 0 Å². The molecule has 2 aliphatic rings. The molecule has 1 aromatic rings. The Bertz CT molecular complexity index is 699. The number of sulfonamides is 1. The van der Waals surface area contributed by atoms with E-state index >= 15 is 0 Å². The van der Waals surface area contributed by atoms with Crippen molar-refractivity contribution in [3.05, 3.63) is 35.9 Å². The Morgan fingerprint density at radius 2 is 1.80 bits per heavy atom. The van der Waals surface area contributed by atoms with E-state index in [1.54, 1.807) is 0 Å². The summed E-state index contributed by atoms with van der Waals surface area (Å²) in [7, 11) is -3.17. The quantitative estimate of drug-likeness (QED) is 0.816. The predicted octanol–water partition coefficient (Wildman–Crippen LogP) is 1.65. The third kappa shape index (κ3) is 4.22. The molecule has 2 aliphatic heterocycles. The summed E-state index contributed by atoms with van der Waals surface area (Å²) in [5, 5.41) is 0. The van der Waals surface area contributed by atoms with Gasteiger partial charge in [-0.25, -0.2) is 12.7 Å². The average Bonchev–Trinajstić information content (AvgIpc) is 2.62. The van der Waals surface area contributed by atoms with E-state index in [0.29, 0.717) is 39.1 Å². The second-order valence-corrected chi connectivity index (χ2v) is 8.99. The van der Waals surface area contributed by atoms with Gasteiger partial charge in [-0.1, -0.05) is 30.3 Å². The summed E-state index contributed by atoms with van der Waals surface area (Å²) in [4.78, 5) is 14.9. The number of nitrogens with zero attached hydrogens (tertiary/aromatic N) is 2. The smallest absolute Gasteiger partial charge is 0.226 e. The Kier molecular flexibility index (Phi) is 5.46. The third-order valence-corrected chi connectivity index (χ3v) is 6.46. The molecule has 6 nitrogen and oxygen atoms in total. The molecule has 0 saturated carbocycles. The lowest BCUT2D eigenvalue weighted by atomic mass is 9.95. The van der Waals surface area contributed by atoms with Crippen molar-refractivity contribution in [2.75, 3.05) is 32.5 Å². The molecule has 7 heteroatoms. The number of hydrogen-bond donors (Lipinski definition) is 0. The molecule has 2 heterocycles. The Balaban J connectivity index is 1.65. The molecule has 0 aromatic heterocycles. The van der Waals surface area contributed by atoms with E-state index in [9.17, 15) is 13.2 Å². The first-order valence-corrected chi connectivity index (χ1v) is 10.6. The summed E-state index contributed by atoms with van der Waals surface area (Å²) >= 11 is 0. The zero-order valence-electron chi connectivity index (χ0n) is 14.8. The van der Waals surface area contributed by atoms with Crippen LogP contribution in [0.25, 0.3) is 0 Å². The van der Waals surface area contributed by atoms with Crippen LogP contribution in [0.2, 0.25) is 0 Å². The number of amides is 1. The van der Waals surface area contributed by atoms with Gasteiger partial charge in [-0.3, -0.25) is 4.79 Å². The molecule has 3 rings (SSSR count). The first-order chi connectivity index (χ1) is 11.9. The van der Waals surface area contributed by atoms with E-state index in [4.69, 9.17) is 4.74 Å². The summed E-state index contributed by atoms with van der Waals surface area (Å²) in [5.74, 6) is 0.0276. The minimum absolute atomic E-state index is 0.0420. The minimum Gasteiger partial charge on any atom is -0.370 e. The monoisotopic (exact) mass is 366 g/mol.